The lowest BCUT2D eigenvalue weighted by molar-refractivity contribution is -0.124. The van der Waals surface area contributed by atoms with Gasteiger partial charge in [0.1, 0.15) is 6.04 Å². The van der Waals surface area contributed by atoms with Gasteiger partial charge in [0, 0.05) is 30.3 Å². The average molecular weight is 373 g/mol. The second-order valence-corrected chi connectivity index (χ2v) is 7.85. The van der Waals surface area contributed by atoms with Gasteiger partial charge in [0.25, 0.3) is 5.91 Å². The first-order valence-corrected chi connectivity index (χ1v) is 9.79. The first-order chi connectivity index (χ1) is 12.8. The Bertz CT molecular complexity index is 668. The van der Waals surface area contributed by atoms with Crippen LogP contribution in [0.1, 0.15) is 57.3 Å². The molecule has 27 heavy (non-hydrogen) atoms. The summed E-state index contributed by atoms with van der Waals surface area (Å²) >= 11 is 0. The zero-order chi connectivity index (χ0) is 20.0. The molecule has 0 aliphatic carbocycles. The molecule has 1 aliphatic heterocycles. The standard InChI is InChI=1S/C21H31N3O3/c1-14(2)11-12-22-20(26)18-6-5-13-24(18)21(27)16-7-9-17(10-8-16)23-19(25)15(3)4/h7-10,14-15,18H,5-6,11-13H2,1-4H3,(H,22,26)(H,23,25). The maximum absolute atomic E-state index is 12.8. The van der Waals surface area contributed by atoms with Crippen LogP contribution in [0.4, 0.5) is 5.69 Å². The number of likely N-dealkylation sites (tertiary alicyclic amines) is 1. The normalized spacial score (nSPS) is 16.7. The van der Waals surface area contributed by atoms with Crippen LogP contribution in [0.3, 0.4) is 0 Å². The summed E-state index contributed by atoms with van der Waals surface area (Å²) in [6, 6.07) is 6.45. The molecule has 6 heteroatoms. The minimum atomic E-state index is -0.398. The molecular formula is C21H31N3O3. The van der Waals surface area contributed by atoms with Crippen molar-refractivity contribution in [2.75, 3.05) is 18.4 Å². The van der Waals surface area contributed by atoms with Gasteiger partial charge in [-0.1, -0.05) is 27.7 Å². The van der Waals surface area contributed by atoms with E-state index in [2.05, 4.69) is 24.5 Å². The third-order valence-electron chi connectivity index (χ3n) is 4.76. The highest BCUT2D eigenvalue weighted by Gasteiger charge is 2.34. The summed E-state index contributed by atoms with van der Waals surface area (Å²) in [6.07, 6.45) is 2.45. The van der Waals surface area contributed by atoms with Crippen molar-refractivity contribution in [3.63, 3.8) is 0 Å². The molecule has 1 atom stereocenters. The van der Waals surface area contributed by atoms with E-state index in [1.165, 1.54) is 0 Å². The number of nitrogens with zero attached hydrogens (tertiary/aromatic N) is 1. The predicted molar refractivity (Wildman–Crippen MR) is 106 cm³/mol. The van der Waals surface area contributed by atoms with Gasteiger partial charge in [0.15, 0.2) is 0 Å². The van der Waals surface area contributed by atoms with Crippen LogP contribution in [0.5, 0.6) is 0 Å². The predicted octanol–water partition coefficient (Wildman–Crippen LogP) is 3.05. The fourth-order valence-electron chi connectivity index (χ4n) is 3.03. The minimum Gasteiger partial charge on any atom is -0.354 e. The molecule has 2 rings (SSSR count). The van der Waals surface area contributed by atoms with Gasteiger partial charge in [0.05, 0.1) is 0 Å². The molecule has 1 heterocycles. The molecule has 0 bridgehead atoms. The largest absolute Gasteiger partial charge is 0.354 e. The Balaban J connectivity index is 1.98. The Morgan fingerprint density at radius 2 is 1.78 bits per heavy atom. The van der Waals surface area contributed by atoms with Crippen LogP contribution in [0.2, 0.25) is 0 Å². The molecule has 1 fully saturated rings. The number of anilines is 1. The van der Waals surface area contributed by atoms with Crippen molar-refractivity contribution in [2.45, 2.75) is 53.0 Å². The summed E-state index contributed by atoms with van der Waals surface area (Å²) in [5.74, 6) is 0.152. The zero-order valence-electron chi connectivity index (χ0n) is 16.7. The van der Waals surface area contributed by atoms with E-state index in [0.717, 1.165) is 12.8 Å². The van der Waals surface area contributed by atoms with Crippen molar-refractivity contribution < 1.29 is 14.4 Å². The van der Waals surface area contributed by atoms with Crippen molar-refractivity contribution in [3.8, 4) is 0 Å². The van der Waals surface area contributed by atoms with Gasteiger partial charge in [-0.25, -0.2) is 0 Å². The summed E-state index contributed by atoms with van der Waals surface area (Å²) in [4.78, 5) is 38.7. The molecule has 0 aromatic heterocycles. The van der Waals surface area contributed by atoms with E-state index in [9.17, 15) is 14.4 Å². The quantitative estimate of drug-likeness (QED) is 0.771. The van der Waals surface area contributed by atoms with Crippen LogP contribution in [0, 0.1) is 11.8 Å². The molecular weight excluding hydrogens is 342 g/mol. The summed E-state index contributed by atoms with van der Waals surface area (Å²) in [6.45, 7) is 9.11. The van der Waals surface area contributed by atoms with E-state index >= 15 is 0 Å². The second-order valence-electron chi connectivity index (χ2n) is 7.85. The third-order valence-corrected chi connectivity index (χ3v) is 4.76. The summed E-state index contributed by atoms with van der Waals surface area (Å²) in [5.41, 5.74) is 1.19. The number of carbonyl (C=O) groups excluding carboxylic acids is 3. The van der Waals surface area contributed by atoms with Crippen LogP contribution < -0.4 is 10.6 Å². The smallest absolute Gasteiger partial charge is 0.254 e. The zero-order valence-corrected chi connectivity index (χ0v) is 16.7. The fraction of sp³-hybridized carbons (Fsp3) is 0.571. The Kier molecular flexibility index (Phi) is 7.39. The molecule has 2 N–H and O–H groups in total. The monoisotopic (exact) mass is 373 g/mol. The van der Waals surface area contributed by atoms with Gasteiger partial charge in [-0.2, -0.15) is 0 Å². The molecule has 148 valence electrons. The Labute approximate surface area is 161 Å². The molecule has 6 nitrogen and oxygen atoms in total. The number of hydrogen-bond acceptors (Lipinski definition) is 3. The number of benzene rings is 1. The lowest BCUT2D eigenvalue weighted by Crippen LogP contribution is -2.46. The number of hydrogen-bond donors (Lipinski definition) is 2. The summed E-state index contributed by atoms with van der Waals surface area (Å²) < 4.78 is 0. The van der Waals surface area contributed by atoms with Crippen LogP contribution in [0.25, 0.3) is 0 Å². The molecule has 0 spiro atoms. The number of rotatable bonds is 7. The topological polar surface area (TPSA) is 78.5 Å². The molecule has 0 radical (unpaired) electrons. The van der Waals surface area contributed by atoms with E-state index in [1.54, 1.807) is 29.2 Å². The maximum atomic E-state index is 12.8. The lowest BCUT2D eigenvalue weighted by atomic mass is 10.1. The van der Waals surface area contributed by atoms with Gasteiger partial charge < -0.3 is 15.5 Å². The highest BCUT2D eigenvalue weighted by molar-refractivity contribution is 5.99. The number of carbonyl (C=O) groups is 3. The van der Waals surface area contributed by atoms with Gasteiger partial charge >= 0.3 is 0 Å². The van der Waals surface area contributed by atoms with Crippen LogP contribution >= 0.6 is 0 Å². The van der Waals surface area contributed by atoms with E-state index in [4.69, 9.17) is 0 Å². The van der Waals surface area contributed by atoms with E-state index in [-0.39, 0.29) is 23.6 Å². The molecule has 1 aromatic carbocycles. The molecule has 1 saturated heterocycles. The van der Waals surface area contributed by atoms with Crippen molar-refractivity contribution in [1.82, 2.24) is 10.2 Å². The van der Waals surface area contributed by atoms with Crippen molar-refractivity contribution in [2.24, 2.45) is 11.8 Å². The first kappa shape index (κ1) is 20.9. The SMILES string of the molecule is CC(C)CCNC(=O)C1CCCN1C(=O)c1ccc(NC(=O)C(C)C)cc1. The van der Waals surface area contributed by atoms with E-state index < -0.39 is 6.04 Å². The third kappa shape index (κ3) is 5.81. The molecule has 3 amide bonds. The second kappa shape index (κ2) is 9.53. The fourth-order valence-corrected chi connectivity index (χ4v) is 3.03. The Hall–Kier alpha value is -2.37. The summed E-state index contributed by atoms with van der Waals surface area (Å²) in [5, 5.41) is 5.76. The van der Waals surface area contributed by atoms with Crippen LogP contribution in [-0.2, 0) is 9.59 Å². The van der Waals surface area contributed by atoms with Crippen LogP contribution in [-0.4, -0.2) is 41.8 Å². The minimum absolute atomic E-state index is 0.0632. The van der Waals surface area contributed by atoms with E-state index in [0.29, 0.717) is 36.7 Å². The lowest BCUT2D eigenvalue weighted by Gasteiger charge is -2.24. The number of amides is 3. The number of nitrogens with one attached hydrogen (secondary N) is 2. The molecule has 0 saturated carbocycles. The maximum Gasteiger partial charge on any atom is 0.254 e. The highest BCUT2D eigenvalue weighted by atomic mass is 16.2. The first-order valence-electron chi connectivity index (χ1n) is 9.79. The Morgan fingerprint density at radius 1 is 1.11 bits per heavy atom. The highest BCUT2D eigenvalue weighted by Crippen LogP contribution is 2.21. The van der Waals surface area contributed by atoms with Gasteiger partial charge in [-0.05, 0) is 49.4 Å². The van der Waals surface area contributed by atoms with E-state index in [1.807, 2.05) is 13.8 Å². The van der Waals surface area contributed by atoms with Crippen molar-refractivity contribution in [3.05, 3.63) is 29.8 Å². The van der Waals surface area contributed by atoms with Gasteiger partial charge in [-0.3, -0.25) is 14.4 Å². The molecule has 1 aliphatic rings. The molecule has 1 aromatic rings. The summed E-state index contributed by atoms with van der Waals surface area (Å²) in [7, 11) is 0. The van der Waals surface area contributed by atoms with Crippen molar-refractivity contribution in [1.29, 1.82) is 0 Å². The van der Waals surface area contributed by atoms with Crippen molar-refractivity contribution >= 4 is 23.4 Å². The Morgan fingerprint density at radius 3 is 2.37 bits per heavy atom. The average Bonchev–Trinajstić information content (AvgIpc) is 3.11. The van der Waals surface area contributed by atoms with Gasteiger partial charge in [-0.15, -0.1) is 0 Å². The van der Waals surface area contributed by atoms with Gasteiger partial charge in [0.2, 0.25) is 11.8 Å². The van der Waals surface area contributed by atoms with Crippen LogP contribution in [0.15, 0.2) is 24.3 Å². The molecule has 1 unspecified atom stereocenters.